The largest absolute Gasteiger partial charge is 0.497 e. The van der Waals surface area contributed by atoms with Gasteiger partial charge in [-0.1, -0.05) is 24.3 Å². The minimum absolute atomic E-state index is 0.0599. The normalized spacial score (nSPS) is 17.8. The first-order valence-corrected chi connectivity index (χ1v) is 10.8. The molecule has 32 heavy (non-hydrogen) atoms. The highest BCUT2D eigenvalue weighted by Crippen LogP contribution is 2.39. The van der Waals surface area contributed by atoms with Crippen molar-refractivity contribution in [2.24, 2.45) is 5.92 Å². The summed E-state index contributed by atoms with van der Waals surface area (Å²) in [6, 6.07) is 13.1. The maximum Gasteiger partial charge on any atom is 0.254 e. The molecular weight excluding hydrogens is 408 g/mol. The summed E-state index contributed by atoms with van der Waals surface area (Å²) in [5, 5.41) is 3.01. The summed E-state index contributed by atoms with van der Waals surface area (Å²) < 4.78 is 16.0. The van der Waals surface area contributed by atoms with Gasteiger partial charge in [-0.3, -0.25) is 9.59 Å². The van der Waals surface area contributed by atoms with Gasteiger partial charge in [0.2, 0.25) is 5.91 Å². The molecule has 0 aliphatic carbocycles. The van der Waals surface area contributed by atoms with Crippen LogP contribution >= 0.6 is 0 Å². The van der Waals surface area contributed by atoms with Crippen LogP contribution in [0.15, 0.2) is 42.5 Å². The average molecular weight is 441 g/mol. The molecule has 1 saturated heterocycles. The number of carbonyl (C=O) groups excluding carboxylic acids is 2. The van der Waals surface area contributed by atoms with Crippen molar-refractivity contribution >= 4 is 11.8 Å². The molecule has 0 saturated carbocycles. The Balaban J connectivity index is 1.88. The van der Waals surface area contributed by atoms with Crippen molar-refractivity contribution in [3.05, 3.63) is 59.2 Å². The molecule has 0 bridgehead atoms. The minimum Gasteiger partial charge on any atom is -0.497 e. The maximum atomic E-state index is 13.3. The number of ether oxygens (including phenoxy) is 3. The van der Waals surface area contributed by atoms with E-state index < -0.39 is 0 Å². The fourth-order valence-corrected chi connectivity index (χ4v) is 4.22. The molecule has 2 atom stereocenters. The van der Waals surface area contributed by atoms with Crippen LogP contribution in [0, 0.1) is 12.8 Å². The average Bonchev–Trinajstić information content (AvgIpc) is 3.26. The van der Waals surface area contributed by atoms with E-state index in [0.29, 0.717) is 43.3 Å². The van der Waals surface area contributed by atoms with Gasteiger partial charge in [0.05, 0.1) is 20.1 Å². The second-order valence-corrected chi connectivity index (χ2v) is 7.98. The summed E-state index contributed by atoms with van der Waals surface area (Å²) in [6.07, 6.45) is 0.733. The van der Waals surface area contributed by atoms with Gasteiger partial charge < -0.3 is 24.4 Å². The molecule has 2 aromatic rings. The summed E-state index contributed by atoms with van der Waals surface area (Å²) in [6.45, 7) is 3.82. The quantitative estimate of drug-likeness (QED) is 0.607. The highest BCUT2D eigenvalue weighted by atomic mass is 16.5. The first-order valence-electron chi connectivity index (χ1n) is 10.8. The van der Waals surface area contributed by atoms with Crippen LogP contribution in [0.3, 0.4) is 0 Å². The van der Waals surface area contributed by atoms with Gasteiger partial charge in [0.15, 0.2) is 0 Å². The third-order valence-electron chi connectivity index (χ3n) is 5.98. The molecule has 7 nitrogen and oxygen atoms in total. The van der Waals surface area contributed by atoms with Crippen molar-refractivity contribution < 1.29 is 23.8 Å². The fraction of sp³-hybridized carbons (Fsp3) is 0.440. The van der Waals surface area contributed by atoms with Crippen LogP contribution in [0.1, 0.15) is 33.8 Å². The molecule has 1 aliphatic heterocycles. The van der Waals surface area contributed by atoms with Crippen molar-refractivity contribution in [2.75, 3.05) is 47.6 Å². The predicted octanol–water partition coefficient (Wildman–Crippen LogP) is 3.02. The standard InChI is InChI=1S/C25H32N2O5/c1-17-8-5-6-9-19(17)25(29)27-15-21(20-11-10-18(31-3)14-23(20)32-4)22(16-27)24(28)26-12-7-13-30-2/h5-6,8-11,14,21-22H,7,12-13,15-16H2,1-4H3,(H,26,28)/t21-,22-/m0/s1. The lowest BCUT2D eigenvalue weighted by Crippen LogP contribution is -2.36. The second kappa shape index (κ2) is 11.0. The van der Waals surface area contributed by atoms with Gasteiger partial charge in [0.25, 0.3) is 5.91 Å². The van der Waals surface area contributed by atoms with Gasteiger partial charge in [-0.2, -0.15) is 0 Å². The molecule has 0 unspecified atom stereocenters. The van der Waals surface area contributed by atoms with E-state index in [1.807, 2.05) is 49.4 Å². The zero-order valence-corrected chi connectivity index (χ0v) is 19.2. The summed E-state index contributed by atoms with van der Waals surface area (Å²) in [5.74, 6) is 0.632. The molecule has 1 heterocycles. The van der Waals surface area contributed by atoms with Crippen molar-refractivity contribution in [3.63, 3.8) is 0 Å². The number of rotatable bonds is 9. The molecule has 1 aliphatic rings. The van der Waals surface area contributed by atoms with E-state index in [0.717, 1.165) is 17.5 Å². The smallest absolute Gasteiger partial charge is 0.254 e. The van der Waals surface area contributed by atoms with Gasteiger partial charge in [0.1, 0.15) is 11.5 Å². The lowest BCUT2D eigenvalue weighted by molar-refractivity contribution is -0.124. The van der Waals surface area contributed by atoms with E-state index in [1.165, 1.54) is 0 Å². The third-order valence-corrected chi connectivity index (χ3v) is 5.98. The Labute approximate surface area is 189 Å². The Hall–Kier alpha value is -3.06. The molecule has 2 amide bonds. The van der Waals surface area contributed by atoms with Crippen LogP contribution in [0.5, 0.6) is 11.5 Å². The number of likely N-dealkylation sites (tertiary alicyclic amines) is 1. The third kappa shape index (κ3) is 5.22. The van der Waals surface area contributed by atoms with Crippen LogP contribution in [0.4, 0.5) is 0 Å². The van der Waals surface area contributed by atoms with Crippen molar-refractivity contribution in [2.45, 2.75) is 19.3 Å². The molecule has 172 valence electrons. The van der Waals surface area contributed by atoms with Gasteiger partial charge in [0, 0.05) is 56.5 Å². The van der Waals surface area contributed by atoms with Crippen LogP contribution in [0.2, 0.25) is 0 Å². The van der Waals surface area contributed by atoms with Crippen molar-refractivity contribution in [1.29, 1.82) is 0 Å². The second-order valence-electron chi connectivity index (χ2n) is 7.98. The Morgan fingerprint density at radius 1 is 1.06 bits per heavy atom. The molecule has 1 fully saturated rings. The van der Waals surface area contributed by atoms with Crippen molar-refractivity contribution in [1.82, 2.24) is 10.2 Å². The number of benzene rings is 2. The fourth-order valence-electron chi connectivity index (χ4n) is 4.22. The van der Waals surface area contributed by atoms with E-state index >= 15 is 0 Å². The lowest BCUT2D eigenvalue weighted by Gasteiger charge is -2.21. The lowest BCUT2D eigenvalue weighted by atomic mass is 9.87. The number of nitrogens with one attached hydrogen (secondary N) is 1. The monoisotopic (exact) mass is 440 g/mol. The summed E-state index contributed by atoms with van der Waals surface area (Å²) in [7, 11) is 4.84. The topological polar surface area (TPSA) is 77.1 Å². The predicted molar refractivity (Wildman–Crippen MR) is 122 cm³/mol. The minimum atomic E-state index is -0.382. The number of carbonyl (C=O) groups is 2. The molecule has 7 heteroatoms. The van der Waals surface area contributed by atoms with Gasteiger partial charge in [-0.05, 0) is 31.0 Å². The number of hydrogen-bond donors (Lipinski definition) is 1. The summed E-state index contributed by atoms with van der Waals surface area (Å²) >= 11 is 0. The Morgan fingerprint density at radius 3 is 2.53 bits per heavy atom. The highest BCUT2D eigenvalue weighted by Gasteiger charge is 2.41. The van der Waals surface area contributed by atoms with Crippen LogP contribution in [0.25, 0.3) is 0 Å². The highest BCUT2D eigenvalue weighted by molar-refractivity contribution is 5.96. The van der Waals surface area contributed by atoms with E-state index in [4.69, 9.17) is 14.2 Å². The zero-order chi connectivity index (χ0) is 23.1. The van der Waals surface area contributed by atoms with Crippen LogP contribution in [-0.4, -0.2) is 64.3 Å². The molecule has 0 spiro atoms. The zero-order valence-electron chi connectivity index (χ0n) is 19.2. The number of hydrogen-bond acceptors (Lipinski definition) is 5. The van der Waals surface area contributed by atoms with Crippen LogP contribution in [-0.2, 0) is 9.53 Å². The van der Waals surface area contributed by atoms with E-state index in [2.05, 4.69) is 5.32 Å². The van der Waals surface area contributed by atoms with E-state index in [1.54, 1.807) is 26.2 Å². The molecule has 3 rings (SSSR count). The Morgan fingerprint density at radius 2 is 1.84 bits per heavy atom. The van der Waals surface area contributed by atoms with E-state index in [9.17, 15) is 9.59 Å². The summed E-state index contributed by atoms with van der Waals surface area (Å²) in [5.41, 5.74) is 2.48. The maximum absolute atomic E-state index is 13.3. The van der Waals surface area contributed by atoms with Crippen molar-refractivity contribution in [3.8, 4) is 11.5 Å². The van der Waals surface area contributed by atoms with E-state index in [-0.39, 0.29) is 23.7 Å². The molecule has 2 aromatic carbocycles. The first-order chi connectivity index (χ1) is 15.5. The Bertz CT molecular complexity index is 946. The number of methoxy groups -OCH3 is 3. The first kappa shape index (κ1) is 23.6. The Kier molecular flexibility index (Phi) is 8.11. The molecule has 1 N–H and O–H groups in total. The number of nitrogens with zero attached hydrogens (tertiary/aromatic N) is 1. The molecular formula is C25H32N2O5. The van der Waals surface area contributed by atoms with Gasteiger partial charge >= 0.3 is 0 Å². The SMILES string of the molecule is COCCCNC(=O)[C@H]1CN(C(=O)c2ccccc2C)C[C@H]1c1ccc(OC)cc1OC. The number of aryl methyl sites for hydroxylation is 1. The van der Waals surface area contributed by atoms with Gasteiger partial charge in [-0.25, -0.2) is 0 Å². The number of amides is 2. The van der Waals surface area contributed by atoms with Crippen LogP contribution < -0.4 is 14.8 Å². The molecule has 0 radical (unpaired) electrons. The van der Waals surface area contributed by atoms with Gasteiger partial charge in [-0.15, -0.1) is 0 Å². The summed E-state index contributed by atoms with van der Waals surface area (Å²) in [4.78, 5) is 28.2. The molecule has 0 aromatic heterocycles.